The molecule has 0 spiro atoms. The van der Waals surface area contributed by atoms with E-state index in [-0.39, 0.29) is 24.0 Å². The molecule has 25 heavy (non-hydrogen) atoms. The van der Waals surface area contributed by atoms with Gasteiger partial charge in [-0.25, -0.2) is 0 Å². The van der Waals surface area contributed by atoms with Crippen molar-refractivity contribution in [2.45, 2.75) is 58.5 Å². The van der Waals surface area contributed by atoms with Crippen LogP contribution in [0.1, 0.15) is 52.9 Å². The van der Waals surface area contributed by atoms with Crippen molar-refractivity contribution in [1.82, 2.24) is 15.5 Å². The Morgan fingerprint density at radius 3 is 2.28 bits per heavy atom. The van der Waals surface area contributed by atoms with Gasteiger partial charge < -0.3 is 25.4 Å². The molecule has 0 saturated heterocycles. The Balaban J connectivity index is 0. The number of aliphatic hydroxyl groups is 1. The zero-order chi connectivity index (χ0) is 18.3. The van der Waals surface area contributed by atoms with Gasteiger partial charge in [0.15, 0.2) is 5.96 Å². The maximum atomic E-state index is 10.7. The maximum Gasteiger partial charge on any atom is 0.191 e. The SMILES string of the molecule is CCCC(O)(CCC)CN=C(NCC)NCCCN(C)CCOC.I. The fourth-order valence-corrected chi connectivity index (χ4v) is 2.70. The Bertz CT molecular complexity index is 324. The number of likely N-dealkylation sites (N-methyl/N-ethyl adjacent to an activating group) is 1. The minimum atomic E-state index is -0.674. The topological polar surface area (TPSA) is 69.1 Å². The molecule has 0 atom stereocenters. The maximum absolute atomic E-state index is 10.7. The lowest BCUT2D eigenvalue weighted by molar-refractivity contribution is 0.0306. The van der Waals surface area contributed by atoms with E-state index in [1.807, 2.05) is 0 Å². The molecule has 0 bridgehead atoms. The first-order valence-electron chi connectivity index (χ1n) is 9.43. The highest BCUT2D eigenvalue weighted by molar-refractivity contribution is 14.0. The number of halogens is 1. The number of aliphatic imine (C=N–C) groups is 1. The van der Waals surface area contributed by atoms with Gasteiger partial charge in [0.1, 0.15) is 0 Å². The van der Waals surface area contributed by atoms with Gasteiger partial charge in [0.2, 0.25) is 0 Å². The van der Waals surface area contributed by atoms with Crippen LogP contribution in [0, 0.1) is 0 Å². The number of guanidine groups is 1. The van der Waals surface area contributed by atoms with Crippen molar-refractivity contribution >= 4 is 29.9 Å². The van der Waals surface area contributed by atoms with Gasteiger partial charge in [-0.2, -0.15) is 0 Å². The molecule has 0 aromatic carbocycles. The van der Waals surface area contributed by atoms with Crippen LogP contribution in [0.25, 0.3) is 0 Å². The van der Waals surface area contributed by atoms with E-state index < -0.39 is 5.60 Å². The Kier molecular flexibility index (Phi) is 18.8. The third-order valence-corrected chi connectivity index (χ3v) is 3.99. The van der Waals surface area contributed by atoms with Crippen molar-refractivity contribution in [2.24, 2.45) is 4.99 Å². The summed E-state index contributed by atoms with van der Waals surface area (Å²) < 4.78 is 5.08. The van der Waals surface area contributed by atoms with E-state index >= 15 is 0 Å². The van der Waals surface area contributed by atoms with Gasteiger partial charge in [-0.05, 0) is 39.8 Å². The second kappa shape index (κ2) is 17.3. The van der Waals surface area contributed by atoms with Crippen LogP contribution in [0.15, 0.2) is 4.99 Å². The largest absolute Gasteiger partial charge is 0.388 e. The average molecular weight is 472 g/mol. The first-order chi connectivity index (χ1) is 11.5. The molecule has 0 aromatic heterocycles. The number of hydrogen-bond acceptors (Lipinski definition) is 4. The highest BCUT2D eigenvalue weighted by atomic mass is 127. The van der Waals surface area contributed by atoms with Gasteiger partial charge in [-0.1, -0.05) is 26.7 Å². The number of ether oxygens (including phenoxy) is 1. The summed E-state index contributed by atoms with van der Waals surface area (Å²) in [5, 5.41) is 17.3. The van der Waals surface area contributed by atoms with E-state index in [2.05, 4.69) is 48.3 Å². The predicted molar refractivity (Wildman–Crippen MR) is 118 cm³/mol. The lowest BCUT2D eigenvalue weighted by atomic mass is 9.93. The molecule has 0 fully saturated rings. The molecule has 0 rings (SSSR count). The summed E-state index contributed by atoms with van der Waals surface area (Å²) >= 11 is 0. The minimum absolute atomic E-state index is 0. The van der Waals surface area contributed by atoms with Crippen LogP contribution in [0.5, 0.6) is 0 Å². The van der Waals surface area contributed by atoms with Gasteiger partial charge >= 0.3 is 0 Å². The number of methoxy groups -OCH3 is 1. The second-order valence-electron chi connectivity index (χ2n) is 6.50. The highest BCUT2D eigenvalue weighted by Gasteiger charge is 2.24. The summed E-state index contributed by atoms with van der Waals surface area (Å²) in [5.41, 5.74) is -0.674. The summed E-state index contributed by atoms with van der Waals surface area (Å²) in [6.07, 6.45) is 4.59. The molecule has 6 nitrogen and oxygen atoms in total. The monoisotopic (exact) mass is 472 g/mol. The van der Waals surface area contributed by atoms with Crippen LogP contribution >= 0.6 is 24.0 Å². The van der Waals surface area contributed by atoms with Crippen LogP contribution in [0.3, 0.4) is 0 Å². The molecule has 0 aliphatic rings. The van der Waals surface area contributed by atoms with Crippen molar-refractivity contribution in [3.8, 4) is 0 Å². The molecule has 0 aliphatic carbocycles. The van der Waals surface area contributed by atoms with E-state index in [0.29, 0.717) is 6.54 Å². The van der Waals surface area contributed by atoms with Crippen molar-refractivity contribution < 1.29 is 9.84 Å². The van der Waals surface area contributed by atoms with Gasteiger partial charge in [0.05, 0.1) is 18.8 Å². The molecule has 0 saturated carbocycles. The number of nitrogens with zero attached hydrogens (tertiary/aromatic N) is 2. The van der Waals surface area contributed by atoms with Crippen LogP contribution < -0.4 is 10.6 Å². The molecular weight excluding hydrogens is 431 g/mol. The molecule has 152 valence electrons. The molecule has 7 heteroatoms. The van der Waals surface area contributed by atoms with Crippen molar-refractivity contribution in [3.05, 3.63) is 0 Å². The summed E-state index contributed by atoms with van der Waals surface area (Å²) in [6.45, 7) is 11.1. The molecular formula is C18H41IN4O2. The van der Waals surface area contributed by atoms with Crippen LogP contribution in [-0.2, 0) is 4.74 Å². The Morgan fingerprint density at radius 1 is 1.12 bits per heavy atom. The fraction of sp³-hybridized carbons (Fsp3) is 0.944. The summed E-state index contributed by atoms with van der Waals surface area (Å²) in [6, 6.07) is 0. The zero-order valence-corrected chi connectivity index (χ0v) is 19.3. The Morgan fingerprint density at radius 2 is 1.76 bits per heavy atom. The first kappa shape index (κ1) is 27.1. The lowest BCUT2D eigenvalue weighted by Gasteiger charge is -2.26. The molecule has 0 radical (unpaired) electrons. The summed E-state index contributed by atoms with van der Waals surface area (Å²) in [4.78, 5) is 6.86. The second-order valence-corrected chi connectivity index (χ2v) is 6.50. The molecule has 0 aliphatic heterocycles. The van der Waals surface area contributed by atoms with Crippen molar-refractivity contribution in [3.63, 3.8) is 0 Å². The molecule has 0 amide bonds. The Labute approximate surface area is 172 Å². The van der Waals surface area contributed by atoms with E-state index in [9.17, 15) is 5.11 Å². The molecule has 0 unspecified atom stereocenters. The Hall–Kier alpha value is -0.120. The predicted octanol–water partition coefficient (Wildman–Crippen LogP) is 2.46. The standard InChI is InChI=1S/C18H40N4O2.HI/c1-6-10-18(23,11-7-2)16-21-17(19-8-3)20-12-9-13-22(4)14-15-24-5;/h23H,6-16H2,1-5H3,(H2,19,20,21);1H. The number of rotatable bonds is 14. The number of hydrogen-bond donors (Lipinski definition) is 3. The smallest absolute Gasteiger partial charge is 0.191 e. The van der Waals surface area contributed by atoms with Crippen LogP contribution in [0.2, 0.25) is 0 Å². The average Bonchev–Trinajstić information content (AvgIpc) is 2.55. The van der Waals surface area contributed by atoms with Crippen molar-refractivity contribution in [1.29, 1.82) is 0 Å². The van der Waals surface area contributed by atoms with Gasteiger partial charge in [0, 0.05) is 26.7 Å². The lowest BCUT2D eigenvalue weighted by Crippen LogP contribution is -2.41. The molecule has 3 N–H and O–H groups in total. The van der Waals surface area contributed by atoms with Crippen molar-refractivity contribution in [2.75, 3.05) is 53.5 Å². The third kappa shape index (κ3) is 14.7. The molecule has 0 aromatic rings. The third-order valence-electron chi connectivity index (χ3n) is 3.99. The zero-order valence-electron chi connectivity index (χ0n) is 16.9. The van der Waals surface area contributed by atoms with Crippen LogP contribution in [0.4, 0.5) is 0 Å². The van der Waals surface area contributed by atoms with Gasteiger partial charge in [-0.3, -0.25) is 4.99 Å². The fourth-order valence-electron chi connectivity index (χ4n) is 2.70. The first-order valence-corrected chi connectivity index (χ1v) is 9.43. The normalized spacial score (nSPS) is 12.2. The highest BCUT2D eigenvalue weighted by Crippen LogP contribution is 2.19. The summed E-state index contributed by atoms with van der Waals surface area (Å²) in [7, 11) is 3.83. The van der Waals surface area contributed by atoms with Crippen LogP contribution in [-0.4, -0.2) is 75.1 Å². The van der Waals surface area contributed by atoms with E-state index in [1.54, 1.807) is 7.11 Å². The van der Waals surface area contributed by atoms with E-state index in [4.69, 9.17) is 4.74 Å². The summed E-state index contributed by atoms with van der Waals surface area (Å²) in [5.74, 6) is 0.794. The van der Waals surface area contributed by atoms with Gasteiger partial charge in [-0.15, -0.1) is 24.0 Å². The number of nitrogens with one attached hydrogen (secondary N) is 2. The molecule has 0 heterocycles. The minimum Gasteiger partial charge on any atom is -0.388 e. The van der Waals surface area contributed by atoms with Gasteiger partial charge in [0.25, 0.3) is 0 Å². The van der Waals surface area contributed by atoms with E-state index in [1.165, 1.54) is 0 Å². The van der Waals surface area contributed by atoms with E-state index in [0.717, 1.165) is 70.8 Å². The quantitative estimate of drug-likeness (QED) is 0.157.